The van der Waals surface area contributed by atoms with Crippen LogP contribution in [0.4, 0.5) is 0 Å². The van der Waals surface area contributed by atoms with Gasteiger partial charge >= 0.3 is 0 Å². The van der Waals surface area contributed by atoms with E-state index in [2.05, 4.69) is 25.4 Å². The molecule has 1 aromatic rings. The van der Waals surface area contributed by atoms with Crippen molar-refractivity contribution in [2.45, 2.75) is 38.6 Å². The van der Waals surface area contributed by atoms with Gasteiger partial charge in [-0.05, 0) is 56.2 Å². The van der Waals surface area contributed by atoms with E-state index in [4.69, 9.17) is 23.2 Å². The van der Waals surface area contributed by atoms with Crippen LogP contribution in [0.3, 0.4) is 0 Å². The van der Waals surface area contributed by atoms with Crippen molar-refractivity contribution in [3.8, 4) is 0 Å². The van der Waals surface area contributed by atoms with E-state index < -0.39 is 0 Å². The van der Waals surface area contributed by atoms with Crippen LogP contribution >= 0.6 is 23.2 Å². The van der Waals surface area contributed by atoms with Crippen LogP contribution in [0.1, 0.15) is 31.7 Å². The van der Waals surface area contributed by atoms with Crippen LogP contribution in [-0.2, 0) is 6.42 Å². The molecular weight excluding hydrogens is 265 g/mol. The number of hydrogen-bond donors (Lipinski definition) is 1. The number of halogens is 2. The molecule has 1 saturated carbocycles. The minimum absolute atomic E-state index is 0.608. The van der Waals surface area contributed by atoms with Gasteiger partial charge in [-0.2, -0.15) is 0 Å². The summed E-state index contributed by atoms with van der Waals surface area (Å²) in [6.45, 7) is 2.35. The van der Waals surface area contributed by atoms with Crippen molar-refractivity contribution in [1.82, 2.24) is 5.32 Å². The second-order valence-electron chi connectivity index (χ2n) is 5.49. The van der Waals surface area contributed by atoms with Crippen molar-refractivity contribution >= 4 is 23.2 Å². The normalized spacial score (nSPS) is 28.3. The van der Waals surface area contributed by atoms with Gasteiger partial charge in [0.2, 0.25) is 0 Å². The zero-order chi connectivity index (χ0) is 13.1. The minimum atomic E-state index is 0.608. The largest absolute Gasteiger partial charge is 0.317 e. The Morgan fingerprint density at radius 2 is 2.06 bits per heavy atom. The molecule has 1 nitrogen and oxygen atoms in total. The number of benzene rings is 1. The maximum absolute atomic E-state index is 6.29. The first-order valence-corrected chi connectivity index (χ1v) is 7.47. The summed E-state index contributed by atoms with van der Waals surface area (Å²) in [7, 11) is 2.06. The van der Waals surface area contributed by atoms with Crippen LogP contribution in [-0.4, -0.2) is 13.1 Å². The molecule has 0 saturated heterocycles. The number of nitrogens with one attached hydrogen (secondary N) is 1. The Labute approximate surface area is 120 Å². The fraction of sp³-hybridized carbons (Fsp3) is 0.600. The van der Waals surface area contributed by atoms with Gasteiger partial charge in [-0.3, -0.25) is 0 Å². The summed E-state index contributed by atoms with van der Waals surface area (Å²) in [5.41, 5.74) is 1.18. The van der Waals surface area contributed by atoms with E-state index in [1.54, 1.807) is 0 Å². The molecular formula is C15H21Cl2N. The Bertz CT molecular complexity index is 405. The van der Waals surface area contributed by atoms with Gasteiger partial charge in [-0.25, -0.2) is 0 Å². The average Bonchev–Trinajstić information content (AvgIpc) is 2.35. The average molecular weight is 286 g/mol. The standard InChI is InChI=1S/C15H21Cl2N/c1-10-6-7-14(18-2)12(8-10)9-11-4-3-5-13(16)15(11)17/h3-5,10,12,14,18H,6-9H2,1-2H3. The van der Waals surface area contributed by atoms with Crippen molar-refractivity contribution in [1.29, 1.82) is 0 Å². The lowest BCUT2D eigenvalue weighted by atomic mass is 9.76. The van der Waals surface area contributed by atoms with E-state index in [1.807, 2.05) is 12.1 Å². The van der Waals surface area contributed by atoms with E-state index in [9.17, 15) is 0 Å². The van der Waals surface area contributed by atoms with Crippen molar-refractivity contribution in [2.24, 2.45) is 11.8 Å². The molecule has 1 aromatic carbocycles. The maximum atomic E-state index is 6.29. The molecule has 3 atom stereocenters. The van der Waals surface area contributed by atoms with E-state index in [0.29, 0.717) is 17.0 Å². The zero-order valence-electron chi connectivity index (χ0n) is 11.0. The van der Waals surface area contributed by atoms with Crippen LogP contribution in [0.5, 0.6) is 0 Å². The van der Waals surface area contributed by atoms with Crippen molar-refractivity contribution < 1.29 is 0 Å². The SMILES string of the molecule is CNC1CCC(C)CC1Cc1cccc(Cl)c1Cl. The summed E-state index contributed by atoms with van der Waals surface area (Å²) >= 11 is 12.4. The summed E-state index contributed by atoms with van der Waals surface area (Å²) in [4.78, 5) is 0. The summed E-state index contributed by atoms with van der Waals surface area (Å²) in [5, 5.41) is 4.85. The van der Waals surface area contributed by atoms with Gasteiger partial charge in [0, 0.05) is 6.04 Å². The van der Waals surface area contributed by atoms with Gasteiger partial charge in [0.05, 0.1) is 10.0 Å². The van der Waals surface area contributed by atoms with E-state index in [0.717, 1.165) is 17.4 Å². The highest BCUT2D eigenvalue weighted by Gasteiger charge is 2.28. The Morgan fingerprint density at radius 3 is 2.78 bits per heavy atom. The molecule has 0 aromatic heterocycles. The molecule has 0 bridgehead atoms. The molecule has 18 heavy (non-hydrogen) atoms. The molecule has 1 aliphatic carbocycles. The maximum Gasteiger partial charge on any atom is 0.0624 e. The highest BCUT2D eigenvalue weighted by Crippen LogP contribution is 2.34. The van der Waals surface area contributed by atoms with Crippen molar-refractivity contribution in [3.05, 3.63) is 33.8 Å². The Kier molecular flexibility index (Phi) is 4.94. The fourth-order valence-electron chi connectivity index (χ4n) is 3.09. The molecule has 1 aliphatic rings. The van der Waals surface area contributed by atoms with Gasteiger partial charge in [0.15, 0.2) is 0 Å². The Balaban J connectivity index is 2.13. The van der Waals surface area contributed by atoms with Gasteiger partial charge in [-0.1, -0.05) is 42.3 Å². The highest BCUT2D eigenvalue weighted by molar-refractivity contribution is 6.42. The van der Waals surface area contributed by atoms with Gasteiger partial charge in [0.25, 0.3) is 0 Å². The quantitative estimate of drug-likeness (QED) is 0.859. The summed E-state index contributed by atoms with van der Waals surface area (Å²) in [6, 6.07) is 6.55. The van der Waals surface area contributed by atoms with E-state index in [-0.39, 0.29) is 0 Å². The topological polar surface area (TPSA) is 12.0 Å². The van der Waals surface area contributed by atoms with Crippen LogP contribution in [0, 0.1) is 11.8 Å². The monoisotopic (exact) mass is 285 g/mol. The second kappa shape index (κ2) is 6.27. The third-order valence-electron chi connectivity index (χ3n) is 4.13. The lowest BCUT2D eigenvalue weighted by molar-refractivity contribution is 0.220. The molecule has 2 rings (SSSR count). The van der Waals surface area contributed by atoms with Crippen molar-refractivity contribution in [3.63, 3.8) is 0 Å². The number of hydrogen-bond acceptors (Lipinski definition) is 1. The predicted octanol–water partition coefficient (Wildman–Crippen LogP) is 4.56. The molecule has 0 aliphatic heterocycles. The fourth-order valence-corrected chi connectivity index (χ4v) is 3.49. The molecule has 0 amide bonds. The van der Waals surface area contributed by atoms with Crippen LogP contribution < -0.4 is 5.32 Å². The molecule has 1 fully saturated rings. The van der Waals surface area contributed by atoms with E-state index >= 15 is 0 Å². The van der Waals surface area contributed by atoms with Crippen molar-refractivity contribution in [2.75, 3.05) is 7.05 Å². The third-order valence-corrected chi connectivity index (χ3v) is 4.99. The first kappa shape index (κ1) is 14.2. The molecule has 0 heterocycles. The molecule has 3 unspecified atom stereocenters. The zero-order valence-corrected chi connectivity index (χ0v) is 12.6. The third kappa shape index (κ3) is 3.20. The van der Waals surface area contributed by atoms with Crippen LogP contribution in [0.2, 0.25) is 10.0 Å². The van der Waals surface area contributed by atoms with Gasteiger partial charge < -0.3 is 5.32 Å². The Hall–Kier alpha value is -0.240. The van der Waals surface area contributed by atoms with Crippen LogP contribution in [0.15, 0.2) is 18.2 Å². The molecule has 100 valence electrons. The predicted molar refractivity (Wildman–Crippen MR) is 79.5 cm³/mol. The molecule has 1 N–H and O–H groups in total. The lowest BCUT2D eigenvalue weighted by Gasteiger charge is -2.35. The van der Waals surface area contributed by atoms with Gasteiger partial charge in [-0.15, -0.1) is 0 Å². The summed E-state index contributed by atoms with van der Waals surface area (Å²) in [6.07, 6.45) is 4.88. The number of rotatable bonds is 3. The highest BCUT2D eigenvalue weighted by atomic mass is 35.5. The summed E-state index contributed by atoms with van der Waals surface area (Å²) < 4.78 is 0. The smallest absolute Gasteiger partial charge is 0.0624 e. The Morgan fingerprint density at radius 1 is 1.28 bits per heavy atom. The molecule has 0 spiro atoms. The first-order chi connectivity index (χ1) is 8.61. The van der Waals surface area contributed by atoms with E-state index in [1.165, 1.54) is 24.8 Å². The first-order valence-electron chi connectivity index (χ1n) is 6.72. The molecule has 3 heteroatoms. The van der Waals surface area contributed by atoms with Gasteiger partial charge in [0.1, 0.15) is 0 Å². The summed E-state index contributed by atoms with van der Waals surface area (Å²) in [5.74, 6) is 1.48. The molecule has 0 radical (unpaired) electrons. The minimum Gasteiger partial charge on any atom is -0.317 e. The lowest BCUT2D eigenvalue weighted by Crippen LogP contribution is -2.39. The van der Waals surface area contributed by atoms with Crippen LogP contribution in [0.25, 0.3) is 0 Å². The second-order valence-corrected chi connectivity index (χ2v) is 6.28.